The van der Waals surface area contributed by atoms with Crippen LogP contribution in [-0.4, -0.2) is 64.6 Å². The normalized spacial score (nSPS) is 26.1. The Kier molecular flexibility index (Phi) is 8.27. The molecule has 2 aromatic rings. The number of ether oxygens (including phenoxy) is 4. The smallest absolute Gasteiger partial charge is 0.240 e. The van der Waals surface area contributed by atoms with Crippen molar-refractivity contribution in [3.8, 4) is 6.07 Å². The fraction of sp³-hybridized carbons (Fsp3) is 0.519. The first-order valence-electron chi connectivity index (χ1n) is 12.6. The standard InChI is InChI=1S/C27H34N2O8S2/c1-18-11-13-20(14-12-18)39(32,33)29-22(15-21(16-28)38(30,31)19-9-7-6-8-10-19)24-25(37-27(4,5)36-24)23-17-34-26(2,3)35-23/h6-14,21-25,29H,15,17H2,1-5H3/t21?,22-,23-,24-,25-/m1/s1. The molecule has 4 rings (SSSR count). The lowest BCUT2D eigenvalue weighted by atomic mass is 9.98. The van der Waals surface area contributed by atoms with E-state index in [9.17, 15) is 22.1 Å². The molecule has 2 fully saturated rings. The second-order valence-corrected chi connectivity index (χ2v) is 14.5. The average molecular weight is 579 g/mol. The van der Waals surface area contributed by atoms with Gasteiger partial charge in [0.1, 0.15) is 18.3 Å². The summed E-state index contributed by atoms with van der Waals surface area (Å²) in [6.07, 6.45) is -2.82. The molecule has 10 nitrogen and oxygen atoms in total. The van der Waals surface area contributed by atoms with E-state index in [2.05, 4.69) is 4.72 Å². The third-order valence-electron chi connectivity index (χ3n) is 6.65. The summed E-state index contributed by atoms with van der Waals surface area (Å²) >= 11 is 0. The van der Waals surface area contributed by atoms with E-state index in [0.717, 1.165) is 5.56 Å². The Balaban J connectivity index is 1.73. The van der Waals surface area contributed by atoms with Gasteiger partial charge in [0.15, 0.2) is 26.7 Å². The zero-order valence-corrected chi connectivity index (χ0v) is 24.2. The Morgan fingerprint density at radius 2 is 1.56 bits per heavy atom. The van der Waals surface area contributed by atoms with Gasteiger partial charge in [0.05, 0.1) is 28.5 Å². The van der Waals surface area contributed by atoms with Gasteiger partial charge in [0.25, 0.3) is 0 Å². The SMILES string of the molecule is Cc1ccc(S(=O)(=O)N[C@H](CC(C#N)S(=O)(=O)c2ccccc2)[C@H]2OC(C)(C)O[C@@H]2[C@H]2COC(C)(C)O2)cc1. The second-order valence-electron chi connectivity index (χ2n) is 10.7. The van der Waals surface area contributed by atoms with Crippen LogP contribution in [0.4, 0.5) is 0 Å². The number of rotatable bonds is 9. The molecule has 0 radical (unpaired) electrons. The zero-order chi connectivity index (χ0) is 28.6. The zero-order valence-electron chi connectivity index (χ0n) is 22.5. The van der Waals surface area contributed by atoms with Gasteiger partial charge in [0.2, 0.25) is 10.0 Å². The maximum absolute atomic E-state index is 13.5. The molecule has 1 unspecified atom stereocenters. The van der Waals surface area contributed by atoms with E-state index in [1.54, 1.807) is 58.0 Å². The molecule has 0 bridgehead atoms. The molecule has 1 N–H and O–H groups in total. The highest BCUT2D eigenvalue weighted by molar-refractivity contribution is 7.92. The van der Waals surface area contributed by atoms with Crippen molar-refractivity contribution < 1.29 is 35.8 Å². The van der Waals surface area contributed by atoms with Crippen LogP contribution < -0.4 is 4.72 Å². The largest absolute Gasteiger partial charge is 0.348 e. The van der Waals surface area contributed by atoms with Crippen molar-refractivity contribution >= 4 is 19.9 Å². The number of aryl methyl sites for hydroxylation is 1. The summed E-state index contributed by atoms with van der Waals surface area (Å²) in [7, 11) is -8.28. The van der Waals surface area contributed by atoms with Gasteiger partial charge in [-0.1, -0.05) is 35.9 Å². The van der Waals surface area contributed by atoms with Crippen LogP contribution in [0.2, 0.25) is 0 Å². The minimum atomic E-state index is -4.15. The molecule has 0 aliphatic carbocycles. The summed E-state index contributed by atoms with van der Waals surface area (Å²) in [5, 5.41) is 8.41. The molecule has 39 heavy (non-hydrogen) atoms. The molecule has 2 heterocycles. The molecule has 0 aromatic heterocycles. The van der Waals surface area contributed by atoms with E-state index in [0.29, 0.717) is 0 Å². The molecule has 0 amide bonds. The lowest BCUT2D eigenvalue weighted by Crippen LogP contribution is -2.52. The van der Waals surface area contributed by atoms with Gasteiger partial charge in [-0.15, -0.1) is 0 Å². The maximum atomic E-state index is 13.5. The van der Waals surface area contributed by atoms with Crippen molar-refractivity contribution in [3.63, 3.8) is 0 Å². The highest BCUT2D eigenvalue weighted by Gasteiger charge is 2.53. The van der Waals surface area contributed by atoms with Crippen LogP contribution in [0.3, 0.4) is 0 Å². The molecule has 12 heteroatoms. The number of sulfonamides is 1. The van der Waals surface area contributed by atoms with Gasteiger partial charge in [-0.05, 0) is 65.3 Å². The second kappa shape index (κ2) is 10.9. The van der Waals surface area contributed by atoms with Crippen molar-refractivity contribution in [3.05, 3.63) is 60.2 Å². The first-order chi connectivity index (χ1) is 18.1. The highest BCUT2D eigenvalue weighted by Crippen LogP contribution is 2.38. The van der Waals surface area contributed by atoms with Crippen LogP contribution >= 0.6 is 0 Å². The van der Waals surface area contributed by atoms with E-state index in [1.165, 1.54) is 24.3 Å². The Morgan fingerprint density at radius 1 is 0.923 bits per heavy atom. The summed E-state index contributed by atoms with van der Waals surface area (Å²) in [4.78, 5) is -0.0414. The van der Waals surface area contributed by atoms with Crippen LogP contribution in [0.15, 0.2) is 64.4 Å². The third-order valence-corrected chi connectivity index (χ3v) is 10.1. The van der Waals surface area contributed by atoms with Gasteiger partial charge in [-0.2, -0.15) is 5.26 Å². The van der Waals surface area contributed by atoms with E-state index in [-0.39, 0.29) is 16.4 Å². The number of hydrogen-bond acceptors (Lipinski definition) is 9. The number of nitrogens with zero attached hydrogens (tertiary/aromatic N) is 1. The Labute approximate surface area is 230 Å². The molecule has 0 saturated carbocycles. The fourth-order valence-corrected chi connectivity index (χ4v) is 7.50. The van der Waals surface area contributed by atoms with Crippen molar-refractivity contribution in [2.45, 2.75) is 92.0 Å². The first kappa shape index (κ1) is 29.6. The lowest BCUT2D eigenvalue weighted by molar-refractivity contribution is -0.174. The average Bonchev–Trinajstić information content (AvgIpc) is 3.40. The van der Waals surface area contributed by atoms with Crippen molar-refractivity contribution in [2.24, 2.45) is 0 Å². The third kappa shape index (κ3) is 6.69. The highest BCUT2D eigenvalue weighted by atomic mass is 32.2. The number of sulfone groups is 1. The number of hydrogen-bond donors (Lipinski definition) is 1. The van der Waals surface area contributed by atoms with E-state index in [1.807, 2.05) is 13.0 Å². The first-order valence-corrected chi connectivity index (χ1v) is 15.6. The topological polar surface area (TPSA) is 141 Å². The van der Waals surface area contributed by atoms with Crippen molar-refractivity contribution in [1.82, 2.24) is 4.72 Å². The van der Waals surface area contributed by atoms with Crippen LogP contribution in [0.25, 0.3) is 0 Å². The Bertz CT molecular complexity index is 1420. The van der Waals surface area contributed by atoms with Crippen molar-refractivity contribution in [2.75, 3.05) is 6.61 Å². The van der Waals surface area contributed by atoms with Crippen LogP contribution in [0, 0.1) is 18.3 Å². The van der Waals surface area contributed by atoms with Crippen LogP contribution in [-0.2, 0) is 38.8 Å². The summed E-state index contributed by atoms with van der Waals surface area (Å²) in [6.45, 7) is 8.84. The molecular weight excluding hydrogens is 544 g/mol. The summed E-state index contributed by atoms with van der Waals surface area (Å²) in [5.74, 6) is -2.03. The summed E-state index contributed by atoms with van der Waals surface area (Å²) in [6, 6.07) is 14.5. The summed E-state index contributed by atoms with van der Waals surface area (Å²) < 4.78 is 80.5. The van der Waals surface area contributed by atoms with Gasteiger partial charge in [-0.3, -0.25) is 0 Å². The van der Waals surface area contributed by atoms with Gasteiger partial charge >= 0.3 is 0 Å². The quantitative estimate of drug-likeness (QED) is 0.475. The summed E-state index contributed by atoms with van der Waals surface area (Å²) in [5.41, 5.74) is 0.874. The van der Waals surface area contributed by atoms with Crippen molar-refractivity contribution in [1.29, 1.82) is 5.26 Å². The minimum Gasteiger partial charge on any atom is -0.348 e. The molecular formula is C27H34N2O8S2. The molecule has 2 saturated heterocycles. The number of nitrogens with one attached hydrogen (secondary N) is 1. The number of benzene rings is 2. The van der Waals surface area contributed by atoms with Crippen LogP contribution in [0.5, 0.6) is 0 Å². The molecule has 0 spiro atoms. The molecule has 2 aliphatic rings. The van der Waals surface area contributed by atoms with E-state index < -0.39 is 67.5 Å². The fourth-order valence-electron chi connectivity index (χ4n) is 4.78. The number of nitriles is 1. The molecule has 5 atom stereocenters. The molecule has 2 aliphatic heterocycles. The predicted octanol–water partition coefficient (Wildman–Crippen LogP) is 3.07. The van der Waals surface area contributed by atoms with E-state index >= 15 is 0 Å². The Hall–Kier alpha value is -2.37. The van der Waals surface area contributed by atoms with Gasteiger partial charge in [-0.25, -0.2) is 21.6 Å². The molecule has 212 valence electrons. The van der Waals surface area contributed by atoms with Crippen LogP contribution in [0.1, 0.15) is 39.7 Å². The van der Waals surface area contributed by atoms with E-state index in [4.69, 9.17) is 18.9 Å². The predicted molar refractivity (Wildman–Crippen MR) is 142 cm³/mol. The van der Waals surface area contributed by atoms with Gasteiger partial charge < -0.3 is 18.9 Å². The van der Waals surface area contributed by atoms with Gasteiger partial charge in [0, 0.05) is 0 Å². The monoisotopic (exact) mass is 578 g/mol. The minimum absolute atomic E-state index is 0.00571. The lowest BCUT2D eigenvalue weighted by Gasteiger charge is -2.30. The Morgan fingerprint density at radius 3 is 2.13 bits per heavy atom. The molecule has 2 aromatic carbocycles. The maximum Gasteiger partial charge on any atom is 0.240 e.